The van der Waals surface area contributed by atoms with E-state index in [9.17, 15) is 18.4 Å². The number of carboxylic acid groups (broad SMARTS) is 1. The molecule has 2 fully saturated rings. The molecular weight excluding hydrogens is 427 g/mol. The van der Waals surface area contributed by atoms with E-state index in [4.69, 9.17) is 5.11 Å². The lowest BCUT2D eigenvalue weighted by Gasteiger charge is -2.34. The second-order valence-electron chi connectivity index (χ2n) is 8.11. The minimum atomic E-state index is -1.75. The van der Waals surface area contributed by atoms with Crippen LogP contribution >= 0.6 is 0 Å². The number of piperazine rings is 1. The van der Waals surface area contributed by atoms with Gasteiger partial charge < -0.3 is 19.3 Å². The van der Waals surface area contributed by atoms with E-state index in [0.29, 0.717) is 12.6 Å². The number of rotatable bonds is 3. The van der Waals surface area contributed by atoms with Gasteiger partial charge in [-0.2, -0.15) is 0 Å². The Balaban J connectivity index is 1.75. The number of aromatic nitrogens is 1. The summed E-state index contributed by atoms with van der Waals surface area (Å²) in [5.41, 5.74) is -0.590. The Morgan fingerprint density at radius 2 is 1.81 bits per heavy atom. The number of hydrogen-bond donors (Lipinski definition) is 1. The highest BCUT2D eigenvalue weighted by atomic mass is 19.1. The van der Waals surface area contributed by atoms with Crippen molar-refractivity contribution >= 4 is 22.7 Å². The molecule has 5 rings (SSSR count). The van der Waals surface area contributed by atoms with Crippen LogP contribution in [0.3, 0.4) is 0 Å². The molecule has 7 nitrogen and oxygen atoms in total. The third-order valence-electron chi connectivity index (χ3n) is 6.23. The average Bonchev–Trinajstić information content (AvgIpc) is 3.29. The topological polar surface area (TPSA) is 75.0 Å². The summed E-state index contributed by atoms with van der Waals surface area (Å²) >= 11 is 0. The van der Waals surface area contributed by atoms with Crippen molar-refractivity contribution in [1.29, 1.82) is 0 Å². The highest BCUT2D eigenvalue weighted by molar-refractivity contribution is 5.86. The highest BCUT2D eigenvalue weighted by Gasteiger charge is 2.42. The van der Waals surface area contributed by atoms with E-state index in [1.165, 1.54) is 10.6 Å². The van der Waals surface area contributed by atoms with Crippen molar-refractivity contribution in [3.63, 3.8) is 0 Å². The van der Waals surface area contributed by atoms with E-state index in [-0.39, 0.29) is 34.4 Å². The van der Waals surface area contributed by atoms with Crippen molar-refractivity contribution < 1.29 is 27.8 Å². The van der Waals surface area contributed by atoms with E-state index in [1.807, 2.05) is 11.9 Å². The first-order valence-electron chi connectivity index (χ1n) is 9.95. The summed E-state index contributed by atoms with van der Waals surface area (Å²) < 4.78 is 49.0. The maximum atomic E-state index is 15.1. The summed E-state index contributed by atoms with van der Waals surface area (Å²) in [7, 11) is 2.01. The molecule has 3 aromatic rings. The molecule has 2 aliphatic heterocycles. The SMILES string of the molecule is CN1CC2CC1CN2c1cc2c(cc1F)c(=O)c(OC(=O)O)cn2-c1ccc(F)cc1F. The Morgan fingerprint density at radius 3 is 2.44 bits per heavy atom. The molecule has 2 bridgehead atoms. The van der Waals surface area contributed by atoms with Crippen LogP contribution < -0.4 is 15.1 Å². The number of halogens is 3. The molecule has 0 spiro atoms. The molecule has 0 saturated carbocycles. The average molecular weight is 445 g/mol. The third-order valence-corrected chi connectivity index (χ3v) is 6.23. The number of carbonyl (C=O) groups is 1. The summed E-state index contributed by atoms with van der Waals surface area (Å²) in [4.78, 5) is 28.0. The number of ether oxygens (including phenoxy) is 1. The molecule has 32 heavy (non-hydrogen) atoms. The van der Waals surface area contributed by atoms with E-state index in [0.717, 1.165) is 37.4 Å². The van der Waals surface area contributed by atoms with Crippen LogP contribution in [0.1, 0.15) is 6.42 Å². The first-order valence-corrected chi connectivity index (χ1v) is 9.95. The van der Waals surface area contributed by atoms with Crippen molar-refractivity contribution in [2.24, 2.45) is 0 Å². The van der Waals surface area contributed by atoms with Crippen LogP contribution in [0, 0.1) is 17.5 Å². The van der Waals surface area contributed by atoms with Gasteiger partial charge in [0.15, 0.2) is 5.75 Å². The van der Waals surface area contributed by atoms with Gasteiger partial charge >= 0.3 is 6.16 Å². The lowest BCUT2D eigenvalue weighted by molar-refractivity contribution is 0.144. The van der Waals surface area contributed by atoms with Crippen molar-refractivity contribution in [2.45, 2.75) is 18.5 Å². The summed E-state index contributed by atoms with van der Waals surface area (Å²) in [5.74, 6) is -3.02. The number of nitrogens with zero attached hydrogens (tertiary/aromatic N) is 3. The van der Waals surface area contributed by atoms with Crippen molar-refractivity contribution in [2.75, 3.05) is 25.0 Å². The largest absolute Gasteiger partial charge is 0.511 e. The summed E-state index contributed by atoms with van der Waals surface area (Å²) in [6, 6.07) is 5.69. The van der Waals surface area contributed by atoms with Crippen LogP contribution in [0.25, 0.3) is 16.6 Å². The lowest BCUT2D eigenvalue weighted by atomic mass is 10.1. The van der Waals surface area contributed by atoms with Crippen LogP contribution in [0.5, 0.6) is 5.75 Å². The number of hydrogen-bond acceptors (Lipinski definition) is 5. The summed E-state index contributed by atoms with van der Waals surface area (Å²) in [6.45, 7) is 1.38. The maximum absolute atomic E-state index is 15.1. The molecule has 2 aliphatic rings. The standard InChI is InChI=1S/C22H18F3N3O4/c1-26-8-13-5-12(26)9-27(13)19-7-18-14(6-16(19)25)21(29)20(32-22(30)31)10-28(18)17-3-2-11(23)4-15(17)24/h2-4,6-7,10,12-13H,5,8-9H2,1H3,(H,30,31). The van der Waals surface area contributed by atoms with Gasteiger partial charge in [-0.3, -0.25) is 9.69 Å². The van der Waals surface area contributed by atoms with Gasteiger partial charge in [0, 0.05) is 31.2 Å². The van der Waals surface area contributed by atoms with Gasteiger partial charge in [0.2, 0.25) is 5.43 Å². The molecule has 1 aromatic heterocycles. The van der Waals surface area contributed by atoms with Gasteiger partial charge in [-0.15, -0.1) is 0 Å². The molecule has 0 amide bonds. The second kappa shape index (κ2) is 7.27. The van der Waals surface area contributed by atoms with Crippen LogP contribution in [-0.2, 0) is 0 Å². The number of pyridine rings is 1. The highest BCUT2D eigenvalue weighted by Crippen LogP contribution is 2.37. The predicted octanol–water partition coefficient (Wildman–Crippen LogP) is 3.36. The number of likely N-dealkylation sites (N-methyl/N-ethyl adjacent to an activating group) is 1. The molecule has 2 saturated heterocycles. The van der Waals surface area contributed by atoms with Crippen molar-refractivity contribution in [3.05, 3.63) is 64.2 Å². The van der Waals surface area contributed by atoms with E-state index < -0.39 is 34.8 Å². The van der Waals surface area contributed by atoms with Crippen LogP contribution in [0.4, 0.5) is 23.7 Å². The number of anilines is 1. The molecular formula is C22H18F3N3O4. The van der Waals surface area contributed by atoms with Gasteiger partial charge in [-0.05, 0) is 37.7 Å². The van der Waals surface area contributed by atoms with E-state index >= 15 is 4.39 Å². The number of fused-ring (bicyclic) bond motifs is 3. The Morgan fingerprint density at radius 1 is 1.06 bits per heavy atom. The smallest absolute Gasteiger partial charge is 0.449 e. The fourth-order valence-corrected chi connectivity index (χ4v) is 4.73. The van der Waals surface area contributed by atoms with Crippen LogP contribution in [0.15, 0.2) is 41.3 Å². The molecule has 1 N–H and O–H groups in total. The summed E-state index contributed by atoms with van der Waals surface area (Å²) in [5, 5.41) is 8.78. The summed E-state index contributed by atoms with van der Waals surface area (Å²) in [6.07, 6.45) is 0.154. The predicted molar refractivity (Wildman–Crippen MR) is 110 cm³/mol. The van der Waals surface area contributed by atoms with Crippen LogP contribution in [-0.4, -0.2) is 52.9 Å². The van der Waals surface area contributed by atoms with Crippen molar-refractivity contribution in [1.82, 2.24) is 9.47 Å². The molecule has 3 heterocycles. The Kier molecular flexibility index (Phi) is 4.63. The van der Waals surface area contributed by atoms with Gasteiger partial charge in [0.1, 0.15) is 17.5 Å². The monoisotopic (exact) mass is 445 g/mol. The van der Waals surface area contributed by atoms with Gasteiger partial charge in [0.25, 0.3) is 0 Å². The Labute approximate surface area is 179 Å². The van der Waals surface area contributed by atoms with Gasteiger partial charge in [-0.25, -0.2) is 18.0 Å². The molecule has 2 atom stereocenters. The fourth-order valence-electron chi connectivity index (χ4n) is 4.73. The molecule has 0 aliphatic carbocycles. The minimum absolute atomic E-state index is 0.106. The van der Waals surface area contributed by atoms with Gasteiger partial charge in [0.05, 0.1) is 28.5 Å². The lowest BCUT2D eigenvalue weighted by Crippen LogP contribution is -2.44. The van der Waals surface area contributed by atoms with E-state index in [2.05, 4.69) is 9.64 Å². The number of benzene rings is 2. The maximum Gasteiger partial charge on any atom is 0.511 e. The molecule has 0 radical (unpaired) electrons. The fraction of sp³-hybridized carbons (Fsp3) is 0.273. The molecule has 10 heteroatoms. The second-order valence-corrected chi connectivity index (χ2v) is 8.11. The quantitative estimate of drug-likeness (QED) is 0.624. The Hall–Kier alpha value is -3.53. The minimum Gasteiger partial charge on any atom is -0.449 e. The normalized spacial score (nSPS) is 20.3. The van der Waals surface area contributed by atoms with Gasteiger partial charge in [-0.1, -0.05) is 0 Å². The Bertz CT molecular complexity index is 1320. The van der Waals surface area contributed by atoms with Crippen molar-refractivity contribution in [3.8, 4) is 11.4 Å². The first kappa shape index (κ1) is 20.4. The zero-order chi connectivity index (χ0) is 22.7. The molecule has 2 aromatic carbocycles. The number of likely N-dealkylation sites (tertiary alicyclic amines) is 1. The third kappa shape index (κ3) is 3.18. The first-order chi connectivity index (χ1) is 15.2. The van der Waals surface area contributed by atoms with E-state index in [1.54, 1.807) is 0 Å². The van der Waals surface area contributed by atoms with Crippen LogP contribution in [0.2, 0.25) is 0 Å². The zero-order valence-corrected chi connectivity index (χ0v) is 16.9. The molecule has 2 unspecified atom stereocenters. The molecule has 166 valence electrons. The zero-order valence-electron chi connectivity index (χ0n) is 16.9.